The quantitative estimate of drug-likeness (QED) is 0.162. The summed E-state index contributed by atoms with van der Waals surface area (Å²) < 4.78 is 6.28. The van der Waals surface area contributed by atoms with E-state index in [1.807, 2.05) is 18.2 Å². The molecule has 0 aliphatic rings. The first-order valence-electron chi connectivity index (χ1n) is 9.81. The molecule has 0 aliphatic carbocycles. The zero-order valence-corrected chi connectivity index (χ0v) is 24.1. The molecule has 1 aromatic heterocycles. The Morgan fingerprint density at radius 1 is 0.500 bits per heavy atom. The molecule has 0 spiro atoms. The third kappa shape index (κ3) is 8.78. The monoisotopic (exact) mass is 632 g/mol. The van der Waals surface area contributed by atoms with Gasteiger partial charge in [0.05, 0.1) is 23.3 Å². The van der Waals surface area contributed by atoms with Gasteiger partial charge in [-0.2, -0.15) is 0 Å². The summed E-state index contributed by atoms with van der Waals surface area (Å²) in [6.07, 6.45) is 0. The molecule has 7 heteroatoms. The molecular formula is C25H21Cl5OSn. The molecule has 0 aliphatic heterocycles. The Balaban J connectivity index is 0.000000427. The van der Waals surface area contributed by atoms with E-state index in [1.54, 1.807) is 0 Å². The molecule has 3 aromatic carbocycles. The van der Waals surface area contributed by atoms with E-state index >= 15 is 0 Å². The van der Waals surface area contributed by atoms with Crippen LogP contribution in [-0.2, 0) is 0 Å². The van der Waals surface area contributed by atoms with Crippen LogP contribution in [-0.4, -0.2) is 11.4 Å². The van der Waals surface area contributed by atoms with E-state index in [9.17, 15) is 0 Å². The molecule has 1 nitrogen and oxygen atoms in total. The van der Waals surface area contributed by atoms with Crippen molar-refractivity contribution in [3.8, 4) is 33.8 Å². The van der Waals surface area contributed by atoms with E-state index < -0.39 is 11.4 Å². The van der Waals surface area contributed by atoms with Crippen LogP contribution in [0.4, 0.5) is 0 Å². The molecule has 0 N–H and O–H groups in total. The fourth-order valence-electron chi connectivity index (χ4n) is 3.02. The Kier molecular flexibility index (Phi) is 8.46. The van der Waals surface area contributed by atoms with Crippen molar-refractivity contribution >= 4 is 56.0 Å². The number of benzene rings is 3. The second-order valence-electron chi connectivity index (χ2n) is 7.39. The normalized spacial score (nSPS) is 12.3. The Morgan fingerprint density at radius 2 is 0.875 bits per heavy atom. The van der Waals surface area contributed by atoms with Gasteiger partial charge in [0, 0.05) is 5.56 Å². The summed E-state index contributed by atoms with van der Waals surface area (Å²) in [6.45, 7) is 4.20. The van der Waals surface area contributed by atoms with Gasteiger partial charge in [0.2, 0.25) is 0 Å². The molecule has 1 heterocycles. The van der Waals surface area contributed by atoms with Crippen LogP contribution in [0.1, 0.15) is 11.1 Å². The third-order valence-corrected chi connectivity index (χ3v) is 4.57. The Morgan fingerprint density at radius 3 is 1.31 bits per heavy atom. The first kappa shape index (κ1) is 25.7. The van der Waals surface area contributed by atoms with Crippen molar-refractivity contribution in [3.05, 3.63) is 102 Å². The van der Waals surface area contributed by atoms with Crippen molar-refractivity contribution in [2.45, 2.75) is 13.8 Å². The topological polar surface area (TPSA) is 11.3 Å². The second kappa shape index (κ2) is 10.5. The summed E-state index contributed by atoms with van der Waals surface area (Å²) in [5.74, 6) is 1.75. The summed E-state index contributed by atoms with van der Waals surface area (Å²) in [5, 5.41) is 0. The summed E-state index contributed by atoms with van der Waals surface area (Å²) in [4.78, 5) is 0. The molecule has 4 aromatic rings. The van der Waals surface area contributed by atoms with Crippen LogP contribution >= 0.6 is 44.6 Å². The van der Waals surface area contributed by atoms with Crippen LogP contribution in [0.15, 0.2) is 95.4 Å². The predicted molar refractivity (Wildman–Crippen MR) is 144 cm³/mol. The van der Waals surface area contributed by atoms with Crippen LogP contribution in [0, 0.1) is 13.8 Å². The van der Waals surface area contributed by atoms with E-state index in [2.05, 4.69) is 86.6 Å². The van der Waals surface area contributed by atoms with Crippen molar-refractivity contribution in [2.24, 2.45) is 0 Å². The molecule has 0 bridgehead atoms. The first-order valence-corrected chi connectivity index (χ1v) is 27.9. The Hall–Kier alpha value is -0.941. The van der Waals surface area contributed by atoms with Gasteiger partial charge in [0.25, 0.3) is 0 Å². The molecule has 32 heavy (non-hydrogen) atoms. The van der Waals surface area contributed by atoms with E-state index in [4.69, 9.17) is 49.0 Å². The summed E-state index contributed by atoms with van der Waals surface area (Å²) in [7, 11) is 25.3. The SMILES string of the molecule is Cc1ccc(-c2cc(-c3ccccc3)[o+]c(-c3ccc(C)cc3)c2)cc1.[Cl][Sn-]([Cl])([Cl])([Cl])[Cl]. The van der Waals surface area contributed by atoms with Gasteiger partial charge in [0.1, 0.15) is 0 Å². The average Bonchev–Trinajstić information content (AvgIpc) is 2.73. The van der Waals surface area contributed by atoms with Gasteiger partial charge in [-0.15, -0.1) is 0 Å². The van der Waals surface area contributed by atoms with Gasteiger partial charge in [-0.3, -0.25) is 0 Å². The number of hydrogen-bond acceptors (Lipinski definition) is 0. The van der Waals surface area contributed by atoms with Crippen LogP contribution in [0.3, 0.4) is 0 Å². The van der Waals surface area contributed by atoms with Crippen LogP contribution in [0.25, 0.3) is 33.8 Å². The van der Waals surface area contributed by atoms with Gasteiger partial charge in [-0.05, 0) is 43.7 Å². The van der Waals surface area contributed by atoms with Gasteiger partial charge < -0.3 is 0 Å². The van der Waals surface area contributed by atoms with Crippen molar-refractivity contribution in [1.29, 1.82) is 0 Å². The predicted octanol–water partition coefficient (Wildman–Crippen LogP) is 10.2. The van der Waals surface area contributed by atoms with Crippen LogP contribution < -0.4 is 0 Å². The molecule has 0 radical (unpaired) electrons. The molecule has 4 rings (SSSR count). The zero-order chi connectivity index (χ0) is 23.4. The molecule has 0 saturated heterocycles. The number of aryl methyl sites for hydroxylation is 2. The molecule has 166 valence electrons. The zero-order valence-electron chi connectivity index (χ0n) is 17.5. The number of hydrogen-bond donors (Lipinski definition) is 0. The molecular weight excluding hydrogens is 612 g/mol. The van der Waals surface area contributed by atoms with E-state index in [0.717, 1.165) is 28.2 Å². The van der Waals surface area contributed by atoms with E-state index in [0.29, 0.717) is 0 Å². The Labute approximate surface area is 208 Å². The Bertz CT molecular complexity index is 1100. The molecule has 0 saturated carbocycles. The van der Waals surface area contributed by atoms with Crippen molar-refractivity contribution in [1.82, 2.24) is 0 Å². The minimum atomic E-state index is -4.40. The van der Waals surface area contributed by atoms with Gasteiger partial charge in [0.15, 0.2) is 0 Å². The van der Waals surface area contributed by atoms with E-state index in [1.165, 1.54) is 16.7 Å². The number of rotatable bonds is 3. The van der Waals surface area contributed by atoms with Crippen molar-refractivity contribution in [2.75, 3.05) is 0 Å². The third-order valence-electron chi connectivity index (χ3n) is 4.57. The maximum absolute atomic E-state index is 6.28. The van der Waals surface area contributed by atoms with E-state index in [-0.39, 0.29) is 0 Å². The number of halogens is 5. The van der Waals surface area contributed by atoms with Gasteiger partial charge in [-0.1, -0.05) is 65.7 Å². The second-order valence-corrected chi connectivity index (χ2v) is 49.8. The minimum absolute atomic E-state index is 0.874. The standard InChI is InChI=1S/C25H21O.5ClH.Sn/c1-18-8-12-20(13-9-18)23-16-24(21-6-4-3-5-7-21)26-25(17-23)22-14-10-19(2)11-15-22;;;;;;/h3-17H,1-2H3;5*1H;/q+1;;;;;;+4/p-5. The van der Waals surface area contributed by atoms with Gasteiger partial charge >= 0.3 is 67.5 Å². The first-order chi connectivity index (χ1) is 14.9. The summed E-state index contributed by atoms with van der Waals surface area (Å²) >= 11 is -4.40. The molecule has 0 fully saturated rings. The molecule has 0 unspecified atom stereocenters. The summed E-state index contributed by atoms with van der Waals surface area (Å²) in [5.41, 5.74) is 7.02. The maximum atomic E-state index is 6.28. The van der Waals surface area contributed by atoms with Crippen LogP contribution in [0.5, 0.6) is 0 Å². The fourth-order valence-corrected chi connectivity index (χ4v) is 3.02. The average molecular weight is 633 g/mol. The molecule has 0 atom stereocenters. The van der Waals surface area contributed by atoms with Crippen molar-refractivity contribution < 1.29 is 4.42 Å². The summed E-state index contributed by atoms with van der Waals surface area (Å²) in [6, 6.07) is 31.6. The molecule has 0 amide bonds. The van der Waals surface area contributed by atoms with Crippen molar-refractivity contribution in [3.63, 3.8) is 0 Å². The van der Waals surface area contributed by atoms with Gasteiger partial charge in [-0.25, -0.2) is 4.42 Å². The fraction of sp³-hybridized carbons (Fsp3) is 0.0800. The van der Waals surface area contributed by atoms with Crippen LogP contribution in [0.2, 0.25) is 0 Å².